The lowest BCUT2D eigenvalue weighted by molar-refractivity contribution is -0.140. The van der Waals surface area contributed by atoms with Crippen molar-refractivity contribution < 1.29 is 28.9 Å². The molecule has 8 heteroatoms. The van der Waals surface area contributed by atoms with E-state index in [1.807, 2.05) is 26.8 Å². The highest BCUT2D eigenvalue weighted by Crippen LogP contribution is 2.43. The lowest BCUT2D eigenvalue weighted by Crippen LogP contribution is -2.33. The van der Waals surface area contributed by atoms with Crippen molar-refractivity contribution in [1.82, 2.24) is 4.90 Å². The Kier molecular flexibility index (Phi) is 8.00. The number of aliphatic hydroxyl groups is 1. The molecule has 1 atom stereocenters. The number of likely N-dealkylation sites (tertiary alicyclic amines) is 1. The van der Waals surface area contributed by atoms with E-state index in [0.29, 0.717) is 23.7 Å². The average Bonchev–Trinajstić information content (AvgIpc) is 3.03. The minimum Gasteiger partial charge on any atom is -0.507 e. The summed E-state index contributed by atoms with van der Waals surface area (Å²) in [4.78, 5) is 27.6. The number of aliphatic hydroxyl groups excluding tert-OH is 1. The van der Waals surface area contributed by atoms with Crippen LogP contribution in [0.1, 0.15) is 37.9 Å². The van der Waals surface area contributed by atoms with E-state index in [-0.39, 0.29) is 41.2 Å². The van der Waals surface area contributed by atoms with E-state index in [1.165, 1.54) is 12.0 Å². The fourth-order valence-corrected chi connectivity index (χ4v) is 3.99. The summed E-state index contributed by atoms with van der Waals surface area (Å²) in [5.41, 5.74) is 0.728. The molecule has 3 rings (SSSR count). The second-order valence-corrected chi connectivity index (χ2v) is 8.17. The third-order valence-electron chi connectivity index (χ3n) is 5.16. The Balaban J connectivity index is 2.23. The molecular formula is C25H28ClNO6. The number of rotatable bonds is 9. The molecule has 2 aromatic carbocycles. The van der Waals surface area contributed by atoms with Gasteiger partial charge in [0.2, 0.25) is 0 Å². The largest absolute Gasteiger partial charge is 0.507 e. The monoisotopic (exact) mass is 473 g/mol. The van der Waals surface area contributed by atoms with Crippen LogP contribution < -0.4 is 9.47 Å². The number of halogens is 1. The summed E-state index contributed by atoms with van der Waals surface area (Å²) in [7, 11) is 1.51. The van der Waals surface area contributed by atoms with Crippen molar-refractivity contribution in [3.8, 4) is 11.5 Å². The molecule has 1 N–H and O–H groups in total. The Hall–Kier alpha value is -3.03. The first-order valence-electron chi connectivity index (χ1n) is 10.8. The molecule has 0 aromatic heterocycles. The molecule has 1 amide bonds. The Labute approximate surface area is 198 Å². The zero-order valence-corrected chi connectivity index (χ0v) is 19.9. The minimum absolute atomic E-state index is 0.0635. The van der Waals surface area contributed by atoms with Crippen molar-refractivity contribution in [2.45, 2.75) is 32.9 Å². The molecule has 1 unspecified atom stereocenters. The first-order chi connectivity index (χ1) is 15.8. The number of hydrogen-bond donors (Lipinski definition) is 1. The zero-order chi connectivity index (χ0) is 24.1. The molecule has 1 heterocycles. The summed E-state index contributed by atoms with van der Waals surface area (Å²) in [6.07, 6.45) is -0.135. The fraction of sp³-hybridized carbons (Fsp3) is 0.360. The van der Waals surface area contributed by atoms with Crippen molar-refractivity contribution in [3.63, 3.8) is 0 Å². The molecule has 2 aromatic rings. The first-order valence-corrected chi connectivity index (χ1v) is 11.1. The fourth-order valence-electron chi connectivity index (χ4n) is 3.78. The highest BCUT2D eigenvalue weighted by molar-refractivity contribution is 6.47. The predicted molar refractivity (Wildman–Crippen MR) is 126 cm³/mol. The van der Waals surface area contributed by atoms with Crippen LogP contribution in [-0.4, -0.2) is 54.7 Å². The van der Waals surface area contributed by atoms with Crippen molar-refractivity contribution in [2.75, 3.05) is 26.9 Å². The van der Waals surface area contributed by atoms with E-state index >= 15 is 0 Å². The van der Waals surface area contributed by atoms with Crippen LogP contribution in [0.2, 0.25) is 5.02 Å². The summed E-state index contributed by atoms with van der Waals surface area (Å²) >= 11 is 6.36. The molecule has 176 valence electrons. The second kappa shape index (κ2) is 10.7. The van der Waals surface area contributed by atoms with Gasteiger partial charge in [-0.25, -0.2) is 0 Å². The van der Waals surface area contributed by atoms with Crippen LogP contribution in [0.5, 0.6) is 11.5 Å². The maximum Gasteiger partial charge on any atom is 0.295 e. The molecule has 0 bridgehead atoms. The number of para-hydroxylation sites is 1. The molecule has 0 spiro atoms. The van der Waals surface area contributed by atoms with Gasteiger partial charge in [0, 0.05) is 24.8 Å². The molecule has 1 aliphatic heterocycles. The van der Waals surface area contributed by atoms with Gasteiger partial charge in [-0.3, -0.25) is 9.59 Å². The van der Waals surface area contributed by atoms with Gasteiger partial charge in [0.15, 0.2) is 0 Å². The van der Waals surface area contributed by atoms with Crippen LogP contribution in [0.3, 0.4) is 0 Å². The van der Waals surface area contributed by atoms with Gasteiger partial charge in [-0.1, -0.05) is 29.8 Å². The topological polar surface area (TPSA) is 85.3 Å². The number of amides is 1. The van der Waals surface area contributed by atoms with Crippen LogP contribution in [0.4, 0.5) is 0 Å². The zero-order valence-electron chi connectivity index (χ0n) is 19.1. The maximum absolute atomic E-state index is 13.2. The number of carbonyl (C=O) groups is 2. The molecule has 7 nitrogen and oxygen atoms in total. The number of Topliss-reactive ketones (excluding diaryl/α,β-unsaturated/α-hetero) is 1. The van der Waals surface area contributed by atoms with E-state index in [4.69, 9.17) is 25.8 Å². The Morgan fingerprint density at radius 1 is 1.18 bits per heavy atom. The van der Waals surface area contributed by atoms with Gasteiger partial charge in [0.1, 0.15) is 17.3 Å². The van der Waals surface area contributed by atoms with Crippen molar-refractivity contribution in [2.24, 2.45) is 0 Å². The number of benzene rings is 2. The normalized spacial score (nSPS) is 17.6. The molecule has 0 saturated carbocycles. The first kappa shape index (κ1) is 24.6. The molecule has 1 saturated heterocycles. The van der Waals surface area contributed by atoms with Gasteiger partial charge < -0.3 is 24.2 Å². The number of ether oxygens (including phenoxy) is 3. The van der Waals surface area contributed by atoms with Crippen LogP contribution in [0.15, 0.2) is 48.0 Å². The standard InChI is InChI=1S/C25H28ClNO6/c1-5-32-16-10-11-19(26)18(14-16)23(28)21-22(27(12-13-31-4)25(30)24(21)29)17-8-6-7-9-20(17)33-15(2)3/h6-11,14-15,22,28H,5,12-13H2,1-4H3/b23-21+. The van der Waals surface area contributed by atoms with E-state index in [1.54, 1.807) is 36.4 Å². The number of nitrogens with zero attached hydrogens (tertiary/aromatic N) is 1. The maximum atomic E-state index is 13.2. The number of ketones is 1. The van der Waals surface area contributed by atoms with Crippen LogP contribution >= 0.6 is 11.6 Å². The quantitative estimate of drug-likeness (QED) is 0.325. The van der Waals surface area contributed by atoms with Gasteiger partial charge in [0.25, 0.3) is 11.7 Å². The van der Waals surface area contributed by atoms with Crippen LogP contribution in [-0.2, 0) is 14.3 Å². The number of methoxy groups -OCH3 is 1. The van der Waals surface area contributed by atoms with Gasteiger partial charge in [-0.2, -0.15) is 0 Å². The predicted octanol–water partition coefficient (Wildman–Crippen LogP) is 4.59. The molecule has 0 aliphatic carbocycles. The van der Waals surface area contributed by atoms with Gasteiger partial charge >= 0.3 is 0 Å². The van der Waals surface area contributed by atoms with Crippen LogP contribution in [0, 0.1) is 0 Å². The smallest absolute Gasteiger partial charge is 0.295 e. The van der Waals surface area contributed by atoms with Gasteiger partial charge in [-0.15, -0.1) is 0 Å². The molecule has 33 heavy (non-hydrogen) atoms. The van der Waals surface area contributed by atoms with E-state index in [0.717, 1.165) is 0 Å². The van der Waals surface area contributed by atoms with Crippen LogP contribution in [0.25, 0.3) is 5.76 Å². The number of hydrogen-bond acceptors (Lipinski definition) is 6. The lowest BCUT2D eigenvalue weighted by Gasteiger charge is -2.27. The SMILES string of the molecule is CCOc1ccc(Cl)c(/C(O)=C2\C(=O)C(=O)N(CCOC)C2c2ccccc2OC(C)C)c1. The second-order valence-electron chi connectivity index (χ2n) is 7.76. The van der Waals surface area contributed by atoms with Gasteiger partial charge in [0.05, 0.1) is 36.0 Å². The molecule has 0 radical (unpaired) electrons. The summed E-state index contributed by atoms with van der Waals surface area (Å²) in [5.74, 6) is -0.899. The Morgan fingerprint density at radius 3 is 2.58 bits per heavy atom. The van der Waals surface area contributed by atoms with E-state index < -0.39 is 17.7 Å². The van der Waals surface area contributed by atoms with E-state index in [9.17, 15) is 14.7 Å². The van der Waals surface area contributed by atoms with Crippen molar-refractivity contribution in [3.05, 3.63) is 64.2 Å². The van der Waals surface area contributed by atoms with E-state index in [2.05, 4.69) is 0 Å². The summed E-state index contributed by atoms with van der Waals surface area (Å²) in [5, 5.41) is 11.5. The Bertz CT molecular complexity index is 1060. The highest BCUT2D eigenvalue weighted by Gasteiger charge is 2.47. The third kappa shape index (κ3) is 5.15. The number of carbonyl (C=O) groups excluding carboxylic acids is 2. The highest BCUT2D eigenvalue weighted by atomic mass is 35.5. The molecular weight excluding hydrogens is 446 g/mol. The average molecular weight is 474 g/mol. The van der Waals surface area contributed by atoms with Crippen molar-refractivity contribution in [1.29, 1.82) is 0 Å². The minimum atomic E-state index is -0.873. The summed E-state index contributed by atoms with van der Waals surface area (Å²) in [6.45, 7) is 6.40. The third-order valence-corrected chi connectivity index (χ3v) is 5.49. The molecule has 1 aliphatic rings. The Morgan fingerprint density at radius 2 is 1.91 bits per heavy atom. The summed E-state index contributed by atoms with van der Waals surface area (Å²) < 4.78 is 16.6. The lowest BCUT2D eigenvalue weighted by atomic mass is 9.94. The molecule has 1 fully saturated rings. The summed E-state index contributed by atoms with van der Waals surface area (Å²) in [6, 6.07) is 11.1. The van der Waals surface area contributed by atoms with Crippen molar-refractivity contribution >= 4 is 29.1 Å². The van der Waals surface area contributed by atoms with Gasteiger partial charge in [-0.05, 0) is 45.0 Å².